The van der Waals surface area contributed by atoms with E-state index in [-0.39, 0.29) is 0 Å². The minimum absolute atomic E-state index is 0.397. The highest BCUT2D eigenvalue weighted by Crippen LogP contribution is 2.14. The van der Waals surface area contributed by atoms with Crippen molar-refractivity contribution in [2.75, 3.05) is 19.8 Å². The first-order valence-corrected chi connectivity index (χ1v) is 5.57. The summed E-state index contributed by atoms with van der Waals surface area (Å²) in [7, 11) is 0. The lowest BCUT2D eigenvalue weighted by Crippen LogP contribution is -2.25. The smallest absolute Gasteiger partial charge is 0.0507 e. The minimum atomic E-state index is 0.397. The Morgan fingerprint density at radius 2 is 2.33 bits per heavy atom. The van der Waals surface area contributed by atoms with Gasteiger partial charge in [0.2, 0.25) is 0 Å². The first-order valence-electron chi connectivity index (χ1n) is 5.57. The number of nitrogens with one attached hydrogen (secondary N) is 1. The summed E-state index contributed by atoms with van der Waals surface area (Å²) in [4.78, 5) is 4.02. The van der Waals surface area contributed by atoms with Gasteiger partial charge in [0, 0.05) is 31.6 Å². The molecule has 15 heavy (non-hydrogen) atoms. The number of rotatable bonds is 4. The second kappa shape index (κ2) is 5.24. The summed E-state index contributed by atoms with van der Waals surface area (Å²) < 4.78 is 5.35. The maximum atomic E-state index is 5.35. The zero-order valence-corrected chi connectivity index (χ0v) is 9.15. The molecule has 1 aromatic heterocycles. The molecule has 2 heterocycles. The summed E-state index contributed by atoms with van der Waals surface area (Å²) in [5, 5.41) is 3.53. The molecule has 1 N–H and O–H groups in total. The van der Waals surface area contributed by atoms with Crippen LogP contribution in [-0.4, -0.2) is 24.7 Å². The standard InChI is InChI=1S/C12H18N2O/c1-10(12-2-5-13-6-3-12)14-8-11-4-7-15-9-11/h2-3,5-6,10-11,14H,4,7-9H2,1H3/t10-,11?/m0/s1. The molecule has 1 aliphatic rings. The van der Waals surface area contributed by atoms with Gasteiger partial charge in [-0.25, -0.2) is 0 Å². The Morgan fingerprint density at radius 1 is 1.53 bits per heavy atom. The van der Waals surface area contributed by atoms with Gasteiger partial charge in [-0.1, -0.05) is 0 Å². The molecule has 0 amide bonds. The van der Waals surface area contributed by atoms with E-state index in [2.05, 4.69) is 29.4 Å². The van der Waals surface area contributed by atoms with Crippen molar-refractivity contribution in [3.63, 3.8) is 0 Å². The average molecular weight is 206 g/mol. The summed E-state index contributed by atoms with van der Waals surface area (Å²) >= 11 is 0. The molecule has 0 aliphatic carbocycles. The molecule has 2 atom stereocenters. The van der Waals surface area contributed by atoms with Crippen LogP contribution in [0.15, 0.2) is 24.5 Å². The van der Waals surface area contributed by atoms with Crippen LogP contribution in [0.25, 0.3) is 0 Å². The molecule has 1 unspecified atom stereocenters. The van der Waals surface area contributed by atoms with Gasteiger partial charge in [0.05, 0.1) is 6.61 Å². The van der Waals surface area contributed by atoms with E-state index in [1.54, 1.807) is 0 Å². The molecule has 0 aromatic carbocycles. The third kappa shape index (κ3) is 3.01. The molecular weight excluding hydrogens is 188 g/mol. The van der Waals surface area contributed by atoms with Crippen LogP contribution in [0, 0.1) is 5.92 Å². The first-order chi connectivity index (χ1) is 7.36. The monoisotopic (exact) mass is 206 g/mol. The first kappa shape index (κ1) is 10.6. The van der Waals surface area contributed by atoms with Crippen molar-refractivity contribution in [1.29, 1.82) is 0 Å². The largest absolute Gasteiger partial charge is 0.381 e. The SMILES string of the molecule is C[C@H](NCC1CCOC1)c1ccncc1. The molecule has 0 spiro atoms. The molecule has 0 saturated carbocycles. The quantitative estimate of drug-likeness (QED) is 0.815. The summed E-state index contributed by atoms with van der Waals surface area (Å²) in [6.07, 6.45) is 4.87. The fraction of sp³-hybridized carbons (Fsp3) is 0.583. The van der Waals surface area contributed by atoms with Crippen LogP contribution in [0.1, 0.15) is 24.9 Å². The second-order valence-corrected chi connectivity index (χ2v) is 4.14. The topological polar surface area (TPSA) is 34.1 Å². The highest BCUT2D eigenvalue weighted by Gasteiger charge is 2.16. The van der Waals surface area contributed by atoms with Gasteiger partial charge in [0.15, 0.2) is 0 Å². The van der Waals surface area contributed by atoms with E-state index in [9.17, 15) is 0 Å². The van der Waals surface area contributed by atoms with E-state index in [1.807, 2.05) is 12.4 Å². The van der Waals surface area contributed by atoms with E-state index in [0.29, 0.717) is 12.0 Å². The summed E-state index contributed by atoms with van der Waals surface area (Å²) in [5.74, 6) is 0.689. The van der Waals surface area contributed by atoms with E-state index in [4.69, 9.17) is 4.74 Å². The van der Waals surface area contributed by atoms with Crippen LogP contribution in [0.3, 0.4) is 0 Å². The van der Waals surface area contributed by atoms with E-state index in [0.717, 1.165) is 19.8 Å². The van der Waals surface area contributed by atoms with Crippen LogP contribution in [0.2, 0.25) is 0 Å². The minimum Gasteiger partial charge on any atom is -0.381 e. The molecule has 1 aliphatic heterocycles. The number of ether oxygens (including phenoxy) is 1. The lowest BCUT2D eigenvalue weighted by atomic mass is 10.1. The van der Waals surface area contributed by atoms with Gasteiger partial charge in [-0.2, -0.15) is 0 Å². The highest BCUT2D eigenvalue weighted by atomic mass is 16.5. The normalized spacial score (nSPS) is 22.9. The molecule has 82 valence electrons. The third-order valence-corrected chi connectivity index (χ3v) is 2.94. The maximum absolute atomic E-state index is 5.35. The fourth-order valence-electron chi connectivity index (χ4n) is 1.86. The molecule has 1 fully saturated rings. The number of pyridine rings is 1. The molecule has 0 radical (unpaired) electrons. The van der Waals surface area contributed by atoms with Crippen molar-refractivity contribution in [2.24, 2.45) is 5.92 Å². The zero-order chi connectivity index (χ0) is 10.5. The molecular formula is C12H18N2O. The average Bonchev–Trinajstić information content (AvgIpc) is 2.80. The van der Waals surface area contributed by atoms with Gasteiger partial charge >= 0.3 is 0 Å². The molecule has 1 aromatic rings. The Morgan fingerprint density at radius 3 is 3.00 bits per heavy atom. The van der Waals surface area contributed by atoms with Gasteiger partial charge in [-0.05, 0) is 37.0 Å². The van der Waals surface area contributed by atoms with Crippen LogP contribution in [0.4, 0.5) is 0 Å². The van der Waals surface area contributed by atoms with Crippen molar-refractivity contribution < 1.29 is 4.74 Å². The van der Waals surface area contributed by atoms with Crippen molar-refractivity contribution >= 4 is 0 Å². The van der Waals surface area contributed by atoms with Crippen LogP contribution < -0.4 is 5.32 Å². The predicted octanol–water partition coefficient (Wildman–Crippen LogP) is 1.77. The number of nitrogens with zero attached hydrogens (tertiary/aromatic N) is 1. The Bertz CT molecular complexity index is 283. The Balaban J connectivity index is 1.79. The van der Waals surface area contributed by atoms with Gasteiger partial charge < -0.3 is 10.1 Å². The number of hydrogen-bond donors (Lipinski definition) is 1. The van der Waals surface area contributed by atoms with E-state index in [1.165, 1.54) is 12.0 Å². The van der Waals surface area contributed by atoms with Gasteiger partial charge in [0.25, 0.3) is 0 Å². The lowest BCUT2D eigenvalue weighted by molar-refractivity contribution is 0.184. The van der Waals surface area contributed by atoms with Gasteiger partial charge in [-0.15, -0.1) is 0 Å². The molecule has 1 saturated heterocycles. The second-order valence-electron chi connectivity index (χ2n) is 4.14. The van der Waals surface area contributed by atoms with Crippen LogP contribution in [0.5, 0.6) is 0 Å². The maximum Gasteiger partial charge on any atom is 0.0507 e. The molecule has 0 bridgehead atoms. The summed E-state index contributed by atoms with van der Waals surface area (Å²) in [6.45, 7) is 5.07. The zero-order valence-electron chi connectivity index (χ0n) is 9.15. The van der Waals surface area contributed by atoms with Crippen molar-refractivity contribution in [3.05, 3.63) is 30.1 Å². The third-order valence-electron chi connectivity index (χ3n) is 2.94. The molecule has 3 heteroatoms. The Kier molecular flexibility index (Phi) is 3.69. The number of hydrogen-bond acceptors (Lipinski definition) is 3. The van der Waals surface area contributed by atoms with Crippen molar-refractivity contribution in [2.45, 2.75) is 19.4 Å². The molecule has 2 rings (SSSR count). The number of aromatic nitrogens is 1. The fourth-order valence-corrected chi connectivity index (χ4v) is 1.86. The summed E-state index contributed by atoms with van der Waals surface area (Å²) in [6, 6.07) is 4.51. The highest BCUT2D eigenvalue weighted by molar-refractivity contribution is 5.13. The molecule has 3 nitrogen and oxygen atoms in total. The lowest BCUT2D eigenvalue weighted by Gasteiger charge is -2.16. The van der Waals surface area contributed by atoms with Crippen LogP contribution >= 0.6 is 0 Å². The van der Waals surface area contributed by atoms with E-state index < -0.39 is 0 Å². The Labute approximate surface area is 90.9 Å². The van der Waals surface area contributed by atoms with Gasteiger partial charge in [-0.3, -0.25) is 4.98 Å². The van der Waals surface area contributed by atoms with E-state index >= 15 is 0 Å². The van der Waals surface area contributed by atoms with Crippen molar-refractivity contribution in [1.82, 2.24) is 10.3 Å². The summed E-state index contributed by atoms with van der Waals surface area (Å²) in [5.41, 5.74) is 1.30. The van der Waals surface area contributed by atoms with Gasteiger partial charge in [0.1, 0.15) is 0 Å². The van der Waals surface area contributed by atoms with Crippen molar-refractivity contribution in [3.8, 4) is 0 Å². The van der Waals surface area contributed by atoms with Crippen LogP contribution in [-0.2, 0) is 4.74 Å². The Hall–Kier alpha value is -0.930. The predicted molar refractivity (Wildman–Crippen MR) is 59.6 cm³/mol.